The monoisotopic (exact) mass is 152 g/mol. The third-order valence-corrected chi connectivity index (χ3v) is 3.63. The number of aliphatic hydroxyl groups excluding tert-OH is 1. The number of rotatable bonds is 0. The van der Waals surface area contributed by atoms with E-state index in [1.165, 1.54) is 12.8 Å². The van der Waals surface area contributed by atoms with E-state index < -0.39 is 0 Å². The van der Waals surface area contributed by atoms with E-state index >= 15 is 0 Å². The molecule has 0 saturated heterocycles. The molecule has 0 bridgehead atoms. The molecule has 0 aromatic heterocycles. The van der Waals surface area contributed by atoms with Gasteiger partial charge in [-0.05, 0) is 31.6 Å². The average molecular weight is 152 g/mol. The Labute approximate surface area is 68.1 Å². The molecule has 0 heterocycles. The number of hydrogen-bond acceptors (Lipinski definition) is 1. The molecule has 0 unspecified atom stereocenters. The van der Waals surface area contributed by atoms with Crippen LogP contribution in [-0.2, 0) is 0 Å². The van der Waals surface area contributed by atoms with Gasteiger partial charge < -0.3 is 5.11 Å². The third-order valence-electron chi connectivity index (χ3n) is 3.63. The summed E-state index contributed by atoms with van der Waals surface area (Å²) in [4.78, 5) is 0. The Balaban J connectivity index is 2.24. The molecule has 0 aliphatic heterocycles. The van der Waals surface area contributed by atoms with Crippen molar-refractivity contribution in [3.05, 3.63) is 12.2 Å². The number of fused-ring (bicyclic) bond motifs is 1. The molecule has 2 rings (SSSR count). The van der Waals surface area contributed by atoms with Crippen molar-refractivity contribution in [1.82, 2.24) is 0 Å². The van der Waals surface area contributed by atoms with E-state index in [4.69, 9.17) is 0 Å². The average Bonchev–Trinajstić information content (AvgIpc) is 2.29. The van der Waals surface area contributed by atoms with E-state index in [2.05, 4.69) is 19.1 Å². The van der Waals surface area contributed by atoms with Crippen LogP contribution in [0.15, 0.2) is 12.2 Å². The van der Waals surface area contributed by atoms with E-state index in [1.807, 2.05) is 0 Å². The molecule has 11 heavy (non-hydrogen) atoms. The van der Waals surface area contributed by atoms with Crippen molar-refractivity contribution in [2.75, 3.05) is 0 Å². The van der Waals surface area contributed by atoms with Gasteiger partial charge in [-0.25, -0.2) is 0 Å². The van der Waals surface area contributed by atoms with Crippen molar-refractivity contribution in [3.8, 4) is 0 Å². The fourth-order valence-corrected chi connectivity index (χ4v) is 2.58. The van der Waals surface area contributed by atoms with Crippen LogP contribution in [0.1, 0.15) is 32.6 Å². The molecule has 0 aromatic carbocycles. The summed E-state index contributed by atoms with van der Waals surface area (Å²) in [5.74, 6) is 0.752. The quantitative estimate of drug-likeness (QED) is 0.527. The molecule has 2 aliphatic carbocycles. The van der Waals surface area contributed by atoms with Crippen molar-refractivity contribution in [3.63, 3.8) is 0 Å². The first-order chi connectivity index (χ1) is 5.23. The summed E-state index contributed by atoms with van der Waals surface area (Å²) in [6.07, 6.45) is 8.96. The predicted molar refractivity (Wildman–Crippen MR) is 45.2 cm³/mol. The summed E-state index contributed by atoms with van der Waals surface area (Å²) in [5, 5.41) is 9.75. The lowest BCUT2D eigenvalue weighted by atomic mass is 9.71. The summed E-state index contributed by atoms with van der Waals surface area (Å²) in [7, 11) is 0. The summed E-state index contributed by atoms with van der Waals surface area (Å²) in [5.41, 5.74) is 0.217. The Morgan fingerprint density at radius 2 is 2.18 bits per heavy atom. The highest BCUT2D eigenvalue weighted by atomic mass is 16.3. The fraction of sp³-hybridized carbons (Fsp3) is 0.800. The third kappa shape index (κ3) is 0.943. The van der Waals surface area contributed by atoms with E-state index in [1.54, 1.807) is 0 Å². The van der Waals surface area contributed by atoms with E-state index in [9.17, 15) is 5.11 Å². The minimum atomic E-state index is -0.0440. The normalized spacial score (nSPS) is 49.3. The van der Waals surface area contributed by atoms with Gasteiger partial charge in [-0.2, -0.15) is 0 Å². The Kier molecular flexibility index (Phi) is 1.57. The maximum Gasteiger partial charge on any atom is 0.0599 e. The van der Waals surface area contributed by atoms with Gasteiger partial charge in [0, 0.05) is 5.41 Å². The van der Waals surface area contributed by atoms with Crippen LogP contribution in [0.25, 0.3) is 0 Å². The molecule has 0 radical (unpaired) electrons. The van der Waals surface area contributed by atoms with Crippen molar-refractivity contribution < 1.29 is 5.11 Å². The zero-order chi connectivity index (χ0) is 7.90. The van der Waals surface area contributed by atoms with Gasteiger partial charge in [0.25, 0.3) is 0 Å². The largest absolute Gasteiger partial charge is 0.393 e. The molecule has 1 heteroatoms. The molecule has 0 aromatic rings. The summed E-state index contributed by atoms with van der Waals surface area (Å²) < 4.78 is 0. The summed E-state index contributed by atoms with van der Waals surface area (Å²) >= 11 is 0. The molecule has 2 aliphatic rings. The van der Waals surface area contributed by atoms with Crippen molar-refractivity contribution >= 4 is 0 Å². The maximum absolute atomic E-state index is 9.75. The topological polar surface area (TPSA) is 20.2 Å². The summed E-state index contributed by atoms with van der Waals surface area (Å²) in [6.45, 7) is 2.23. The van der Waals surface area contributed by atoms with E-state index in [0.29, 0.717) is 0 Å². The lowest BCUT2D eigenvalue weighted by Crippen LogP contribution is -2.33. The second-order valence-electron chi connectivity index (χ2n) is 4.21. The predicted octanol–water partition coefficient (Wildman–Crippen LogP) is 2.11. The Hall–Kier alpha value is -0.300. The highest BCUT2D eigenvalue weighted by Gasteiger charge is 2.45. The molecule has 62 valence electrons. The maximum atomic E-state index is 9.75. The fourth-order valence-electron chi connectivity index (χ4n) is 2.58. The molecule has 0 amide bonds. The van der Waals surface area contributed by atoms with Gasteiger partial charge in [-0.3, -0.25) is 0 Å². The highest BCUT2D eigenvalue weighted by molar-refractivity contribution is 5.06. The van der Waals surface area contributed by atoms with Crippen molar-refractivity contribution in [1.29, 1.82) is 0 Å². The van der Waals surface area contributed by atoms with Crippen molar-refractivity contribution in [2.45, 2.75) is 38.7 Å². The first kappa shape index (κ1) is 7.35. The smallest absolute Gasteiger partial charge is 0.0599 e. The van der Waals surface area contributed by atoms with Crippen LogP contribution >= 0.6 is 0 Å². The minimum absolute atomic E-state index is 0.0440. The van der Waals surface area contributed by atoms with Gasteiger partial charge >= 0.3 is 0 Å². The molecule has 0 spiro atoms. The Morgan fingerprint density at radius 1 is 1.36 bits per heavy atom. The first-order valence-corrected chi connectivity index (χ1v) is 4.56. The summed E-state index contributed by atoms with van der Waals surface area (Å²) in [6, 6.07) is 0. The Bertz CT molecular complexity index is 185. The van der Waals surface area contributed by atoms with Crippen LogP contribution in [-0.4, -0.2) is 11.2 Å². The van der Waals surface area contributed by atoms with Crippen LogP contribution in [0.5, 0.6) is 0 Å². The van der Waals surface area contributed by atoms with Gasteiger partial charge in [0.15, 0.2) is 0 Å². The van der Waals surface area contributed by atoms with Crippen LogP contribution in [0.2, 0.25) is 0 Å². The first-order valence-electron chi connectivity index (χ1n) is 4.56. The molecule has 1 saturated carbocycles. The van der Waals surface area contributed by atoms with E-state index in [0.717, 1.165) is 18.8 Å². The standard InChI is InChI=1S/C10H16O/c1-10-7-3-2-4-8(10)5-6-9(10)11/h2-3,8-9,11H,4-7H2,1H3/t8-,9+,10+/m1/s1. The number of allylic oxidation sites excluding steroid dienone is 2. The molecule has 1 N–H and O–H groups in total. The van der Waals surface area contributed by atoms with Crippen LogP contribution in [0, 0.1) is 11.3 Å². The lowest BCUT2D eigenvalue weighted by Gasteiger charge is -2.35. The van der Waals surface area contributed by atoms with Gasteiger partial charge in [0.05, 0.1) is 6.10 Å². The van der Waals surface area contributed by atoms with Gasteiger partial charge in [0.1, 0.15) is 0 Å². The number of aliphatic hydroxyl groups is 1. The van der Waals surface area contributed by atoms with Gasteiger partial charge in [-0.1, -0.05) is 19.1 Å². The van der Waals surface area contributed by atoms with E-state index in [-0.39, 0.29) is 11.5 Å². The molecule has 1 nitrogen and oxygen atoms in total. The van der Waals surface area contributed by atoms with Crippen LogP contribution in [0.4, 0.5) is 0 Å². The van der Waals surface area contributed by atoms with Crippen molar-refractivity contribution in [2.24, 2.45) is 11.3 Å². The zero-order valence-electron chi connectivity index (χ0n) is 7.09. The lowest BCUT2D eigenvalue weighted by molar-refractivity contribution is 0.0389. The molecule has 3 atom stereocenters. The highest BCUT2D eigenvalue weighted by Crippen LogP contribution is 2.49. The van der Waals surface area contributed by atoms with Crippen LogP contribution in [0.3, 0.4) is 0 Å². The number of hydrogen-bond donors (Lipinski definition) is 1. The zero-order valence-corrected chi connectivity index (χ0v) is 7.09. The minimum Gasteiger partial charge on any atom is -0.393 e. The second kappa shape index (κ2) is 2.34. The van der Waals surface area contributed by atoms with Gasteiger partial charge in [0.2, 0.25) is 0 Å². The van der Waals surface area contributed by atoms with Crippen LogP contribution < -0.4 is 0 Å². The molecule has 1 fully saturated rings. The molecular formula is C10H16O. The second-order valence-corrected chi connectivity index (χ2v) is 4.21. The Morgan fingerprint density at radius 3 is 2.91 bits per heavy atom. The molecular weight excluding hydrogens is 136 g/mol. The van der Waals surface area contributed by atoms with Gasteiger partial charge in [-0.15, -0.1) is 0 Å². The SMILES string of the molecule is C[C@]12CC=CC[C@@H]1CC[C@@H]2O.